The Bertz CT molecular complexity index is 358. The van der Waals surface area contributed by atoms with E-state index in [-0.39, 0.29) is 5.41 Å². The second-order valence-corrected chi connectivity index (χ2v) is 5.01. The fraction of sp³-hybridized carbons (Fsp3) is 0.615. The van der Waals surface area contributed by atoms with E-state index in [4.69, 9.17) is 4.74 Å². The van der Waals surface area contributed by atoms with E-state index < -0.39 is 0 Å². The molecule has 2 fully saturated rings. The summed E-state index contributed by atoms with van der Waals surface area (Å²) in [5.41, 5.74) is 1.32. The second-order valence-electron chi connectivity index (χ2n) is 5.01. The van der Waals surface area contributed by atoms with Gasteiger partial charge in [-0.05, 0) is 12.1 Å². The van der Waals surface area contributed by atoms with Crippen molar-refractivity contribution in [2.45, 2.75) is 5.41 Å². The number of piperazine rings is 1. The maximum atomic E-state index is 5.45. The minimum Gasteiger partial charge on any atom is -0.379 e. The lowest BCUT2D eigenvalue weighted by Gasteiger charge is -2.45. The van der Waals surface area contributed by atoms with Gasteiger partial charge >= 0.3 is 0 Å². The highest BCUT2D eigenvalue weighted by atomic mass is 16.5. The van der Waals surface area contributed by atoms with Crippen molar-refractivity contribution in [1.29, 1.82) is 0 Å². The van der Waals surface area contributed by atoms with Crippen molar-refractivity contribution in [3.8, 4) is 0 Å². The van der Waals surface area contributed by atoms with Crippen molar-refractivity contribution in [1.82, 2.24) is 15.2 Å². The number of pyridine rings is 1. The zero-order valence-electron chi connectivity index (χ0n) is 10.1. The van der Waals surface area contributed by atoms with Gasteiger partial charge in [0.15, 0.2) is 0 Å². The fourth-order valence-corrected chi connectivity index (χ4v) is 2.64. The van der Waals surface area contributed by atoms with Gasteiger partial charge in [-0.1, -0.05) is 6.07 Å². The predicted octanol–water partition coefficient (Wildman–Crippen LogP) is 0.255. The molecule has 1 N–H and O–H groups in total. The summed E-state index contributed by atoms with van der Waals surface area (Å²) in [6, 6.07) is 6.17. The largest absolute Gasteiger partial charge is 0.379 e. The van der Waals surface area contributed by atoms with Crippen LogP contribution >= 0.6 is 0 Å². The summed E-state index contributed by atoms with van der Waals surface area (Å²) < 4.78 is 5.45. The molecule has 1 aromatic heterocycles. The van der Waals surface area contributed by atoms with Gasteiger partial charge in [-0.25, -0.2) is 0 Å². The molecule has 0 aromatic carbocycles. The minimum atomic E-state index is 0.137. The normalized spacial score (nSPS) is 24.2. The molecular weight excluding hydrogens is 214 g/mol. The highest BCUT2D eigenvalue weighted by Gasteiger charge is 2.42. The molecule has 92 valence electrons. The van der Waals surface area contributed by atoms with Crippen LogP contribution < -0.4 is 5.32 Å². The highest BCUT2D eigenvalue weighted by Crippen LogP contribution is 2.31. The van der Waals surface area contributed by atoms with Crippen molar-refractivity contribution in [2.75, 3.05) is 45.9 Å². The highest BCUT2D eigenvalue weighted by molar-refractivity contribution is 5.21. The zero-order chi connectivity index (χ0) is 11.6. The van der Waals surface area contributed by atoms with Crippen LogP contribution in [0.3, 0.4) is 0 Å². The lowest BCUT2D eigenvalue weighted by molar-refractivity contribution is -0.0776. The van der Waals surface area contributed by atoms with Crippen LogP contribution in [-0.4, -0.2) is 55.8 Å². The van der Waals surface area contributed by atoms with Gasteiger partial charge < -0.3 is 10.1 Å². The molecule has 0 radical (unpaired) electrons. The standard InChI is InChI=1S/C13H19N3O/c1-2-4-15-12(3-1)13(10-17-11-13)9-16-7-5-14-6-8-16/h1-4,14H,5-11H2. The Morgan fingerprint density at radius 3 is 2.71 bits per heavy atom. The number of hydrogen-bond donors (Lipinski definition) is 1. The average Bonchev–Trinajstić information content (AvgIpc) is 2.36. The molecule has 0 bridgehead atoms. The first-order chi connectivity index (χ1) is 8.39. The molecular formula is C13H19N3O. The molecule has 3 heterocycles. The number of aromatic nitrogens is 1. The molecule has 3 rings (SSSR count). The first-order valence-corrected chi connectivity index (χ1v) is 6.31. The number of ether oxygens (including phenoxy) is 1. The predicted molar refractivity (Wildman–Crippen MR) is 66.0 cm³/mol. The third-order valence-corrected chi connectivity index (χ3v) is 3.70. The van der Waals surface area contributed by atoms with E-state index in [1.165, 1.54) is 5.69 Å². The molecule has 0 atom stereocenters. The number of rotatable bonds is 3. The van der Waals surface area contributed by atoms with E-state index in [1.807, 2.05) is 12.3 Å². The molecule has 0 spiro atoms. The number of nitrogens with zero attached hydrogens (tertiary/aromatic N) is 2. The van der Waals surface area contributed by atoms with E-state index in [0.29, 0.717) is 0 Å². The number of hydrogen-bond acceptors (Lipinski definition) is 4. The van der Waals surface area contributed by atoms with E-state index >= 15 is 0 Å². The van der Waals surface area contributed by atoms with Gasteiger partial charge in [-0.15, -0.1) is 0 Å². The van der Waals surface area contributed by atoms with E-state index in [1.54, 1.807) is 0 Å². The Balaban J connectivity index is 1.73. The van der Waals surface area contributed by atoms with Crippen molar-refractivity contribution in [3.63, 3.8) is 0 Å². The Kier molecular flexibility index (Phi) is 3.09. The van der Waals surface area contributed by atoms with E-state index in [2.05, 4.69) is 27.3 Å². The molecule has 1 aromatic rings. The SMILES string of the molecule is c1ccc(C2(CN3CCNCC3)COC2)nc1. The van der Waals surface area contributed by atoms with Crippen LogP contribution in [0, 0.1) is 0 Å². The van der Waals surface area contributed by atoms with Gasteiger partial charge in [-0.2, -0.15) is 0 Å². The van der Waals surface area contributed by atoms with E-state index in [0.717, 1.165) is 45.9 Å². The summed E-state index contributed by atoms with van der Waals surface area (Å²) in [6.45, 7) is 7.16. The summed E-state index contributed by atoms with van der Waals surface area (Å²) in [7, 11) is 0. The summed E-state index contributed by atoms with van der Waals surface area (Å²) in [6.07, 6.45) is 1.88. The van der Waals surface area contributed by atoms with Gasteiger partial charge in [0.2, 0.25) is 0 Å². The van der Waals surface area contributed by atoms with Crippen molar-refractivity contribution in [3.05, 3.63) is 30.1 Å². The van der Waals surface area contributed by atoms with Crippen LogP contribution in [0.15, 0.2) is 24.4 Å². The molecule has 2 aliphatic heterocycles. The Morgan fingerprint density at radius 2 is 2.12 bits per heavy atom. The Morgan fingerprint density at radius 1 is 1.29 bits per heavy atom. The molecule has 0 amide bonds. The quantitative estimate of drug-likeness (QED) is 0.812. The first-order valence-electron chi connectivity index (χ1n) is 6.31. The smallest absolute Gasteiger partial charge is 0.0719 e. The summed E-state index contributed by atoms with van der Waals surface area (Å²) in [5, 5.41) is 3.39. The lowest BCUT2D eigenvalue weighted by atomic mass is 9.81. The topological polar surface area (TPSA) is 37.4 Å². The molecule has 4 nitrogen and oxygen atoms in total. The molecule has 2 aliphatic rings. The summed E-state index contributed by atoms with van der Waals surface area (Å²) in [5.74, 6) is 0. The van der Waals surface area contributed by atoms with Crippen LogP contribution in [0.5, 0.6) is 0 Å². The number of nitrogens with one attached hydrogen (secondary N) is 1. The Hall–Kier alpha value is -0.970. The van der Waals surface area contributed by atoms with E-state index in [9.17, 15) is 0 Å². The molecule has 0 unspecified atom stereocenters. The monoisotopic (exact) mass is 233 g/mol. The van der Waals surface area contributed by atoms with Gasteiger partial charge in [0.25, 0.3) is 0 Å². The van der Waals surface area contributed by atoms with Gasteiger partial charge in [0, 0.05) is 38.9 Å². The summed E-state index contributed by atoms with van der Waals surface area (Å²) in [4.78, 5) is 7.04. The molecule has 0 aliphatic carbocycles. The minimum absolute atomic E-state index is 0.137. The molecule has 2 saturated heterocycles. The van der Waals surface area contributed by atoms with Crippen molar-refractivity contribution in [2.24, 2.45) is 0 Å². The molecule has 4 heteroatoms. The average molecular weight is 233 g/mol. The van der Waals surface area contributed by atoms with Crippen LogP contribution in [-0.2, 0) is 10.2 Å². The molecule has 17 heavy (non-hydrogen) atoms. The summed E-state index contributed by atoms with van der Waals surface area (Å²) >= 11 is 0. The van der Waals surface area contributed by atoms with Gasteiger partial charge in [-0.3, -0.25) is 9.88 Å². The van der Waals surface area contributed by atoms with Crippen molar-refractivity contribution >= 4 is 0 Å². The van der Waals surface area contributed by atoms with Gasteiger partial charge in [0.05, 0.1) is 24.3 Å². The third kappa shape index (κ3) is 2.20. The fourth-order valence-electron chi connectivity index (χ4n) is 2.64. The maximum Gasteiger partial charge on any atom is 0.0719 e. The first kappa shape index (κ1) is 11.1. The Labute approximate surface area is 102 Å². The van der Waals surface area contributed by atoms with Crippen molar-refractivity contribution < 1.29 is 4.74 Å². The van der Waals surface area contributed by atoms with Crippen LogP contribution in [0.2, 0.25) is 0 Å². The van der Waals surface area contributed by atoms with Crippen LogP contribution in [0.4, 0.5) is 0 Å². The van der Waals surface area contributed by atoms with Crippen LogP contribution in [0.25, 0.3) is 0 Å². The van der Waals surface area contributed by atoms with Gasteiger partial charge in [0.1, 0.15) is 0 Å². The lowest BCUT2D eigenvalue weighted by Crippen LogP contribution is -2.57. The van der Waals surface area contributed by atoms with Crippen LogP contribution in [0.1, 0.15) is 5.69 Å². The third-order valence-electron chi connectivity index (χ3n) is 3.70. The second kappa shape index (κ2) is 4.72. The molecule has 0 saturated carbocycles. The maximum absolute atomic E-state index is 5.45. The zero-order valence-corrected chi connectivity index (χ0v) is 10.1.